The Labute approximate surface area is 288 Å². The van der Waals surface area contributed by atoms with Crippen LogP contribution in [0.5, 0.6) is 5.75 Å². The van der Waals surface area contributed by atoms with Crippen molar-refractivity contribution < 1.29 is 24.3 Å². The Morgan fingerprint density at radius 3 is 2.12 bits per heavy atom. The molecule has 4 aromatic rings. The first-order chi connectivity index (χ1) is 24.1. The van der Waals surface area contributed by atoms with E-state index in [0.717, 1.165) is 22.2 Å². The van der Waals surface area contributed by atoms with Crippen LogP contribution >= 0.6 is 0 Å². The summed E-state index contributed by atoms with van der Waals surface area (Å²) in [5.74, 6) is -3.25. The van der Waals surface area contributed by atoms with E-state index >= 15 is 0 Å². The Morgan fingerprint density at radius 2 is 1.44 bits per heavy atom. The van der Waals surface area contributed by atoms with E-state index < -0.39 is 23.7 Å². The molecule has 9 heteroatoms. The molecule has 0 aromatic heterocycles. The number of aromatic hydroxyl groups is 1. The lowest BCUT2D eigenvalue weighted by atomic mass is 9.59. The number of phenolic OH excluding ortho intramolecular Hbond substituents is 1. The molecule has 4 aromatic carbocycles. The summed E-state index contributed by atoms with van der Waals surface area (Å²) in [7, 11) is 3.93. The number of anilines is 2. The normalized spacial score (nSPS) is 23.2. The monoisotopic (exact) mass is 662 g/mol. The highest BCUT2D eigenvalue weighted by Crippen LogP contribution is 2.56. The number of carbonyl (C=O) groups is 4. The molecule has 1 saturated heterocycles. The van der Waals surface area contributed by atoms with Gasteiger partial charge in [-0.05, 0) is 97.3 Å². The third-order valence-electron chi connectivity index (χ3n) is 10.6. The fourth-order valence-electron chi connectivity index (χ4n) is 8.15. The number of allylic oxidation sites excluding steroid dienone is 6. The highest BCUT2D eigenvalue weighted by atomic mass is 16.3. The molecule has 1 aliphatic heterocycles. The lowest BCUT2D eigenvalue weighted by molar-refractivity contribution is -0.123. The van der Waals surface area contributed by atoms with Gasteiger partial charge in [-0.1, -0.05) is 42.0 Å². The Kier molecular flexibility index (Phi) is 7.44. The number of phenols is 1. The second-order valence-electron chi connectivity index (χ2n) is 13.6. The third-order valence-corrected chi connectivity index (χ3v) is 10.6. The summed E-state index contributed by atoms with van der Waals surface area (Å²) < 4.78 is 0. The highest BCUT2D eigenvalue weighted by Gasteiger charge is 2.56. The molecule has 1 N–H and O–H groups in total. The number of nitrogens with zero attached hydrogens (tertiary/aromatic N) is 4. The molecule has 0 bridgehead atoms. The van der Waals surface area contributed by atoms with E-state index in [1.807, 2.05) is 73.6 Å². The summed E-state index contributed by atoms with van der Waals surface area (Å²) in [6, 6.07) is 25.4. The van der Waals surface area contributed by atoms with Crippen molar-refractivity contribution in [2.75, 3.05) is 23.9 Å². The summed E-state index contributed by atoms with van der Waals surface area (Å²) in [5, 5.41) is 20.7. The molecule has 8 rings (SSSR count). The van der Waals surface area contributed by atoms with Gasteiger partial charge in [-0.15, -0.1) is 0 Å². The van der Waals surface area contributed by atoms with Crippen molar-refractivity contribution in [2.24, 2.45) is 28.0 Å². The Balaban J connectivity index is 1.14. The van der Waals surface area contributed by atoms with Crippen LogP contribution in [0.2, 0.25) is 0 Å². The van der Waals surface area contributed by atoms with Gasteiger partial charge in [0.25, 0.3) is 0 Å². The van der Waals surface area contributed by atoms with Crippen LogP contribution in [0.15, 0.2) is 130 Å². The van der Waals surface area contributed by atoms with Crippen LogP contribution in [0, 0.1) is 17.8 Å². The number of hydrogen-bond donors (Lipinski definition) is 1. The van der Waals surface area contributed by atoms with Crippen LogP contribution in [0.1, 0.15) is 31.2 Å². The van der Waals surface area contributed by atoms with E-state index in [4.69, 9.17) is 0 Å². The van der Waals surface area contributed by atoms with Crippen molar-refractivity contribution in [3.05, 3.63) is 125 Å². The minimum Gasteiger partial charge on any atom is -0.507 e. The van der Waals surface area contributed by atoms with E-state index in [9.17, 15) is 24.3 Å². The van der Waals surface area contributed by atoms with E-state index in [1.54, 1.807) is 43.3 Å². The number of rotatable bonds is 5. The van der Waals surface area contributed by atoms with Gasteiger partial charge in [0.2, 0.25) is 11.8 Å². The van der Waals surface area contributed by atoms with Crippen LogP contribution in [-0.4, -0.2) is 42.6 Å². The van der Waals surface area contributed by atoms with Gasteiger partial charge in [0, 0.05) is 47.8 Å². The Hall–Kier alpha value is -5.96. The Morgan fingerprint density at radius 1 is 0.780 bits per heavy atom. The minimum atomic E-state index is -0.693. The van der Waals surface area contributed by atoms with Gasteiger partial charge < -0.3 is 10.0 Å². The predicted octanol–water partition coefficient (Wildman–Crippen LogP) is 7.66. The number of imide groups is 1. The molecule has 3 aliphatic carbocycles. The second kappa shape index (κ2) is 11.9. The van der Waals surface area contributed by atoms with E-state index in [1.165, 1.54) is 11.0 Å². The molecular formula is C41H34N4O5. The van der Waals surface area contributed by atoms with Gasteiger partial charge in [-0.2, -0.15) is 10.2 Å². The zero-order valence-corrected chi connectivity index (χ0v) is 27.8. The zero-order valence-electron chi connectivity index (χ0n) is 27.8. The quantitative estimate of drug-likeness (QED) is 0.101. The molecule has 0 spiro atoms. The maximum Gasteiger partial charge on any atom is 0.238 e. The van der Waals surface area contributed by atoms with Crippen LogP contribution in [0.4, 0.5) is 22.7 Å². The SMILES string of the molecule is CC1=CC(=O)C2=C(C[C@@H]3C(=CC[C@@H]4C(=O)N(c5ccc(N=Nc6ccc(N(C)C)cc6)cc5)C(=O)[C@@H]43)[C@@H]2c2ccc(O)c3ccccc23)C1=O. The number of azo groups is 1. The van der Waals surface area contributed by atoms with E-state index in [2.05, 4.69) is 10.2 Å². The molecule has 1 fully saturated rings. The molecule has 4 atom stereocenters. The number of carbonyl (C=O) groups excluding carboxylic acids is 4. The minimum absolute atomic E-state index is 0.115. The fraction of sp³-hybridized carbons (Fsp3) is 0.220. The van der Waals surface area contributed by atoms with E-state index in [-0.39, 0.29) is 35.6 Å². The summed E-state index contributed by atoms with van der Waals surface area (Å²) in [6.45, 7) is 1.64. The van der Waals surface area contributed by atoms with Crippen molar-refractivity contribution in [2.45, 2.75) is 25.7 Å². The van der Waals surface area contributed by atoms with Gasteiger partial charge in [0.05, 0.1) is 28.9 Å². The summed E-state index contributed by atoms with van der Waals surface area (Å²) in [5.41, 5.74) is 5.61. The van der Waals surface area contributed by atoms with E-state index in [0.29, 0.717) is 45.6 Å². The van der Waals surface area contributed by atoms with Crippen LogP contribution in [0.25, 0.3) is 10.8 Å². The molecule has 0 saturated carbocycles. The molecular weight excluding hydrogens is 628 g/mol. The largest absolute Gasteiger partial charge is 0.507 e. The van der Waals surface area contributed by atoms with Gasteiger partial charge in [0.15, 0.2) is 11.6 Å². The van der Waals surface area contributed by atoms with Crippen molar-refractivity contribution >= 4 is 56.9 Å². The number of Topliss-reactive ketones (excluding diaryl/α,β-unsaturated/α-hetero) is 1. The molecule has 0 radical (unpaired) electrons. The molecule has 1 heterocycles. The summed E-state index contributed by atoms with van der Waals surface area (Å²) >= 11 is 0. The molecule has 2 amide bonds. The number of amides is 2. The van der Waals surface area contributed by atoms with Crippen molar-refractivity contribution in [1.29, 1.82) is 0 Å². The van der Waals surface area contributed by atoms with Gasteiger partial charge in [-0.25, -0.2) is 0 Å². The van der Waals surface area contributed by atoms with Gasteiger partial charge in [-0.3, -0.25) is 24.1 Å². The fourth-order valence-corrected chi connectivity index (χ4v) is 8.15. The lowest BCUT2D eigenvalue weighted by Gasteiger charge is -2.42. The molecule has 4 aliphatic rings. The average molecular weight is 663 g/mol. The third kappa shape index (κ3) is 4.91. The standard InChI is InChI=1S/C41H34N4O5/c1-22-20-35(47)38-33(39(22)48)21-32-30(36(38)29-18-19-34(46)28-7-5-4-6-27(28)29)16-17-31-37(32)41(50)45(40(31)49)26-14-10-24(11-15-26)43-42-23-8-12-25(13-9-23)44(2)3/h4-16,18-20,31-32,36-37,46H,17,21H2,1-3H3/t31-,32+,36-,37-/m0/s1. The number of hydrogen-bond acceptors (Lipinski definition) is 8. The van der Waals surface area contributed by atoms with Gasteiger partial charge >= 0.3 is 0 Å². The average Bonchev–Trinajstić information content (AvgIpc) is 3.38. The molecule has 50 heavy (non-hydrogen) atoms. The zero-order chi connectivity index (χ0) is 34.8. The topological polar surface area (TPSA) is 120 Å². The lowest BCUT2D eigenvalue weighted by Crippen LogP contribution is -2.39. The number of ketones is 2. The summed E-state index contributed by atoms with van der Waals surface area (Å²) in [6.07, 6.45) is 3.95. The molecule has 248 valence electrons. The first kappa shape index (κ1) is 31.3. The molecule has 9 nitrogen and oxygen atoms in total. The second-order valence-corrected chi connectivity index (χ2v) is 13.6. The maximum absolute atomic E-state index is 14.4. The first-order valence-electron chi connectivity index (χ1n) is 16.7. The van der Waals surface area contributed by atoms with Crippen LogP contribution in [0.3, 0.4) is 0 Å². The smallest absolute Gasteiger partial charge is 0.238 e. The highest BCUT2D eigenvalue weighted by molar-refractivity contribution is 6.25. The predicted molar refractivity (Wildman–Crippen MR) is 191 cm³/mol. The van der Waals surface area contributed by atoms with Crippen LogP contribution in [-0.2, 0) is 19.2 Å². The maximum atomic E-state index is 14.4. The van der Waals surface area contributed by atoms with Crippen molar-refractivity contribution in [3.63, 3.8) is 0 Å². The number of benzene rings is 4. The van der Waals surface area contributed by atoms with Crippen LogP contribution < -0.4 is 9.80 Å². The Bertz CT molecular complexity index is 2260. The van der Waals surface area contributed by atoms with Gasteiger partial charge in [0.1, 0.15) is 5.75 Å². The summed E-state index contributed by atoms with van der Waals surface area (Å²) in [4.78, 5) is 59.0. The van der Waals surface area contributed by atoms with Crippen molar-refractivity contribution in [3.8, 4) is 5.75 Å². The first-order valence-corrected chi connectivity index (χ1v) is 16.7. The number of fused-ring (bicyclic) bond motifs is 4. The van der Waals surface area contributed by atoms with Crippen molar-refractivity contribution in [1.82, 2.24) is 0 Å². The molecule has 0 unspecified atom stereocenters.